The van der Waals surface area contributed by atoms with E-state index in [2.05, 4.69) is 10.3 Å². The highest BCUT2D eigenvalue weighted by atomic mass is 16.5. The molecule has 0 bridgehead atoms. The van der Waals surface area contributed by atoms with Gasteiger partial charge in [0.05, 0.1) is 12.6 Å². The Hall–Kier alpha value is -3.64. The first kappa shape index (κ1) is 19.7. The Morgan fingerprint density at radius 2 is 1.57 bits per heavy atom. The summed E-state index contributed by atoms with van der Waals surface area (Å²) in [6.07, 6.45) is -0.733. The number of anilines is 1. The van der Waals surface area contributed by atoms with E-state index in [4.69, 9.17) is 14.5 Å². The van der Waals surface area contributed by atoms with Gasteiger partial charge in [-0.05, 0) is 24.3 Å². The monoisotopic (exact) mass is 401 g/mol. The summed E-state index contributed by atoms with van der Waals surface area (Å²) in [5.41, 5.74) is 1.78. The van der Waals surface area contributed by atoms with Crippen LogP contribution in [-0.4, -0.2) is 41.4 Å². The average Bonchev–Trinajstić information content (AvgIpc) is 2.81. The van der Waals surface area contributed by atoms with Crippen molar-refractivity contribution >= 4 is 16.7 Å². The normalized spacial score (nSPS) is 11.8. The molecule has 0 amide bonds. The Balaban J connectivity index is 1.49. The van der Waals surface area contributed by atoms with Crippen molar-refractivity contribution in [1.82, 2.24) is 9.97 Å². The topological polar surface area (TPSA) is 76.5 Å². The fourth-order valence-corrected chi connectivity index (χ4v) is 3.13. The Morgan fingerprint density at radius 1 is 0.867 bits per heavy atom. The number of fused-ring (bicyclic) bond motifs is 1. The quantitative estimate of drug-likeness (QED) is 0.462. The number of nitrogens with one attached hydrogen (secondary N) is 1. The minimum absolute atomic E-state index is 0.127. The molecule has 0 aliphatic rings. The molecule has 0 saturated carbocycles. The third kappa shape index (κ3) is 4.50. The molecule has 6 nitrogen and oxygen atoms in total. The predicted molar refractivity (Wildman–Crippen MR) is 118 cm³/mol. The first-order chi connectivity index (χ1) is 14.7. The summed E-state index contributed by atoms with van der Waals surface area (Å²) in [7, 11) is 1.59. The number of hydrogen-bond acceptors (Lipinski definition) is 6. The first-order valence-corrected chi connectivity index (χ1v) is 9.74. The van der Waals surface area contributed by atoms with Crippen LogP contribution in [0.1, 0.15) is 0 Å². The zero-order chi connectivity index (χ0) is 20.8. The van der Waals surface area contributed by atoms with Crippen LogP contribution in [0.25, 0.3) is 22.3 Å². The van der Waals surface area contributed by atoms with Crippen LogP contribution in [0, 0.1) is 0 Å². The number of ether oxygens (including phenoxy) is 2. The summed E-state index contributed by atoms with van der Waals surface area (Å²) < 4.78 is 11.0. The molecule has 0 aliphatic carbocycles. The fraction of sp³-hybridized carbons (Fsp3) is 0.167. The van der Waals surface area contributed by atoms with Gasteiger partial charge in [0.1, 0.15) is 18.5 Å². The van der Waals surface area contributed by atoms with Gasteiger partial charge in [0.2, 0.25) is 0 Å². The maximum Gasteiger partial charge on any atom is 0.162 e. The van der Waals surface area contributed by atoms with Gasteiger partial charge >= 0.3 is 0 Å². The van der Waals surface area contributed by atoms with Crippen LogP contribution < -0.4 is 14.8 Å². The molecule has 0 aliphatic heterocycles. The number of aromatic nitrogens is 2. The summed E-state index contributed by atoms with van der Waals surface area (Å²) in [6.45, 7) is 0.409. The van der Waals surface area contributed by atoms with Gasteiger partial charge in [-0.3, -0.25) is 0 Å². The van der Waals surface area contributed by atoms with Crippen molar-refractivity contribution in [3.8, 4) is 22.9 Å². The molecule has 1 aromatic heterocycles. The van der Waals surface area contributed by atoms with Gasteiger partial charge in [-0.2, -0.15) is 0 Å². The summed E-state index contributed by atoms with van der Waals surface area (Å²) in [5.74, 6) is 2.54. The van der Waals surface area contributed by atoms with Crippen molar-refractivity contribution < 1.29 is 14.6 Å². The van der Waals surface area contributed by atoms with Gasteiger partial charge in [-0.1, -0.05) is 54.6 Å². The molecular formula is C24H23N3O3. The average molecular weight is 401 g/mol. The van der Waals surface area contributed by atoms with E-state index in [1.807, 2.05) is 78.9 Å². The maximum absolute atomic E-state index is 10.4. The van der Waals surface area contributed by atoms with Gasteiger partial charge in [0, 0.05) is 17.5 Å². The maximum atomic E-state index is 10.4. The van der Waals surface area contributed by atoms with Crippen molar-refractivity contribution in [1.29, 1.82) is 0 Å². The molecule has 0 spiro atoms. The molecule has 30 heavy (non-hydrogen) atoms. The van der Waals surface area contributed by atoms with E-state index in [0.717, 1.165) is 16.5 Å². The lowest BCUT2D eigenvalue weighted by Crippen LogP contribution is -2.26. The molecule has 6 heteroatoms. The van der Waals surface area contributed by atoms with Crippen LogP contribution in [-0.2, 0) is 0 Å². The minimum Gasteiger partial charge on any atom is -0.493 e. The SMILES string of the molecule is COc1ccccc1OCC(O)CNc1nc(-c2ccccc2)nc2ccccc12. The lowest BCUT2D eigenvalue weighted by molar-refractivity contribution is 0.115. The molecule has 0 radical (unpaired) electrons. The number of methoxy groups -OCH3 is 1. The lowest BCUT2D eigenvalue weighted by atomic mass is 10.2. The van der Waals surface area contributed by atoms with E-state index in [0.29, 0.717) is 23.1 Å². The van der Waals surface area contributed by atoms with E-state index >= 15 is 0 Å². The van der Waals surface area contributed by atoms with E-state index < -0.39 is 6.10 Å². The van der Waals surface area contributed by atoms with Gasteiger partial charge < -0.3 is 19.9 Å². The second-order valence-corrected chi connectivity index (χ2v) is 6.78. The van der Waals surface area contributed by atoms with Gasteiger partial charge in [-0.15, -0.1) is 0 Å². The molecule has 0 saturated heterocycles. The summed E-state index contributed by atoms with van der Waals surface area (Å²) in [4.78, 5) is 9.37. The van der Waals surface area contributed by atoms with Crippen LogP contribution in [0.5, 0.6) is 11.5 Å². The number of benzene rings is 3. The van der Waals surface area contributed by atoms with Gasteiger partial charge in [0.25, 0.3) is 0 Å². The number of rotatable bonds is 8. The standard InChI is InChI=1S/C24H23N3O3/c1-29-21-13-7-8-14-22(21)30-16-18(28)15-25-24-19-11-5-6-12-20(19)26-23(27-24)17-9-3-2-4-10-17/h2-14,18,28H,15-16H2,1H3,(H,25,26,27). The number of para-hydroxylation sites is 3. The molecule has 1 atom stereocenters. The Bertz CT molecular complexity index is 1120. The zero-order valence-electron chi connectivity index (χ0n) is 16.7. The minimum atomic E-state index is -0.733. The van der Waals surface area contributed by atoms with E-state index in [1.54, 1.807) is 7.11 Å². The number of aliphatic hydroxyl groups is 1. The predicted octanol–water partition coefficient (Wildman–Crippen LogP) is 4.16. The summed E-state index contributed by atoms with van der Waals surface area (Å²) >= 11 is 0. The largest absolute Gasteiger partial charge is 0.493 e. The lowest BCUT2D eigenvalue weighted by Gasteiger charge is -2.16. The molecule has 1 unspecified atom stereocenters. The zero-order valence-corrected chi connectivity index (χ0v) is 16.7. The summed E-state index contributed by atoms with van der Waals surface area (Å²) in [5, 5.41) is 14.6. The van der Waals surface area contributed by atoms with Crippen molar-refractivity contribution in [2.75, 3.05) is 25.6 Å². The third-order valence-corrected chi connectivity index (χ3v) is 4.64. The fourth-order valence-electron chi connectivity index (χ4n) is 3.13. The van der Waals surface area contributed by atoms with Gasteiger partial charge in [0.15, 0.2) is 17.3 Å². The van der Waals surface area contributed by atoms with Crippen LogP contribution in [0.3, 0.4) is 0 Å². The van der Waals surface area contributed by atoms with Crippen LogP contribution in [0.2, 0.25) is 0 Å². The Morgan fingerprint density at radius 3 is 2.37 bits per heavy atom. The Kier molecular flexibility index (Phi) is 6.06. The Labute approximate surface area is 175 Å². The molecule has 2 N–H and O–H groups in total. The van der Waals surface area contributed by atoms with Crippen LogP contribution in [0.15, 0.2) is 78.9 Å². The van der Waals surface area contributed by atoms with E-state index in [9.17, 15) is 5.11 Å². The van der Waals surface area contributed by atoms with Crippen molar-refractivity contribution in [3.63, 3.8) is 0 Å². The summed E-state index contributed by atoms with van der Waals surface area (Å²) in [6, 6.07) is 25.0. The second-order valence-electron chi connectivity index (χ2n) is 6.78. The second kappa shape index (κ2) is 9.24. The number of aliphatic hydroxyl groups excluding tert-OH is 1. The van der Waals surface area contributed by atoms with Crippen molar-refractivity contribution in [2.45, 2.75) is 6.10 Å². The smallest absolute Gasteiger partial charge is 0.162 e. The number of nitrogens with zero attached hydrogens (tertiary/aromatic N) is 2. The highest BCUT2D eigenvalue weighted by molar-refractivity contribution is 5.90. The molecule has 0 fully saturated rings. The van der Waals surface area contributed by atoms with Crippen molar-refractivity contribution in [2.24, 2.45) is 0 Å². The van der Waals surface area contributed by atoms with E-state index in [1.165, 1.54) is 0 Å². The molecule has 4 aromatic rings. The first-order valence-electron chi connectivity index (χ1n) is 9.74. The molecule has 4 rings (SSSR count). The third-order valence-electron chi connectivity index (χ3n) is 4.64. The molecule has 1 heterocycles. The molecular weight excluding hydrogens is 378 g/mol. The van der Waals surface area contributed by atoms with Crippen LogP contribution in [0.4, 0.5) is 5.82 Å². The molecule has 152 valence electrons. The van der Waals surface area contributed by atoms with E-state index in [-0.39, 0.29) is 13.2 Å². The van der Waals surface area contributed by atoms with Crippen molar-refractivity contribution in [3.05, 3.63) is 78.9 Å². The molecule has 3 aromatic carbocycles. The highest BCUT2D eigenvalue weighted by Gasteiger charge is 2.12. The number of hydrogen-bond donors (Lipinski definition) is 2. The highest BCUT2D eigenvalue weighted by Crippen LogP contribution is 2.26. The van der Waals surface area contributed by atoms with Crippen LogP contribution >= 0.6 is 0 Å². The van der Waals surface area contributed by atoms with Gasteiger partial charge in [-0.25, -0.2) is 9.97 Å².